The first-order valence-electron chi connectivity index (χ1n) is 7.95. The predicted molar refractivity (Wildman–Crippen MR) is 94.0 cm³/mol. The molecule has 3 heterocycles. The van der Waals surface area contributed by atoms with E-state index in [0.717, 1.165) is 12.8 Å². The van der Waals surface area contributed by atoms with Crippen LogP contribution in [-0.2, 0) is 24.2 Å². The van der Waals surface area contributed by atoms with Crippen LogP contribution in [0.3, 0.4) is 0 Å². The molecule has 0 fully saturated rings. The van der Waals surface area contributed by atoms with E-state index < -0.39 is 0 Å². The summed E-state index contributed by atoms with van der Waals surface area (Å²) in [6, 6.07) is 3.38. The maximum absolute atomic E-state index is 12.3. The van der Waals surface area contributed by atoms with E-state index in [1.165, 1.54) is 51.5 Å². The van der Waals surface area contributed by atoms with E-state index in [9.17, 15) is 9.59 Å². The summed E-state index contributed by atoms with van der Waals surface area (Å²) in [5.41, 5.74) is 1.62. The Morgan fingerprint density at radius 1 is 1.25 bits per heavy atom. The lowest BCUT2D eigenvalue weighted by Crippen LogP contribution is -2.14. The fourth-order valence-electron chi connectivity index (χ4n) is 2.94. The first-order chi connectivity index (χ1) is 11.7. The molecule has 0 unspecified atom stereocenters. The molecule has 0 aromatic carbocycles. The lowest BCUT2D eigenvalue weighted by molar-refractivity contribution is 0.0473. The number of carbonyl (C=O) groups excluding carboxylic acids is 1. The van der Waals surface area contributed by atoms with Crippen molar-refractivity contribution in [3.63, 3.8) is 0 Å². The van der Waals surface area contributed by atoms with Crippen LogP contribution in [0.5, 0.6) is 0 Å². The third-order valence-electron chi connectivity index (χ3n) is 4.16. The molecule has 124 valence electrons. The highest BCUT2D eigenvalue weighted by atomic mass is 32.1. The van der Waals surface area contributed by atoms with E-state index in [2.05, 4.69) is 4.98 Å². The molecule has 0 bridgehead atoms. The zero-order valence-corrected chi connectivity index (χ0v) is 14.6. The van der Waals surface area contributed by atoms with Crippen LogP contribution >= 0.6 is 22.7 Å². The Labute approximate surface area is 146 Å². The average molecular weight is 360 g/mol. The van der Waals surface area contributed by atoms with Crippen molar-refractivity contribution in [1.29, 1.82) is 0 Å². The van der Waals surface area contributed by atoms with E-state index in [0.29, 0.717) is 15.5 Å². The highest BCUT2D eigenvalue weighted by Crippen LogP contribution is 2.29. The van der Waals surface area contributed by atoms with Gasteiger partial charge in [-0.25, -0.2) is 9.78 Å². The highest BCUT2D eigenvalue weighted by Gasteiger charge is 2.17. The van der Waals surface area contributed by atoms with Gasteiger partial charge in [0, 0.05) is 22.5 Å². The molecule has 0 aliphatic heterocycles. The summed E-state index contributed by atoms with van der Waals surface area (Å²) in [7, 11) is 0. The van der Waals surface area contributed by atoms with Gasteiger partial charge < -0.3 is 4.74 Å². The first-order valence-corrected chi connectivity index (χ1v) is 9.65. The number of hydrogen-bond acceptors (Lipinski definition) is 6. The summed E-state index contributed by atoms with van der Waals surface area (Å²) in [6.07, 6.45) is 7.42. The maximum atomic E-state index is 12.3. The van der Waals surface area contributed by atoms with Gasteiger partial charge in [0.15, 0.2) is 4.96 Å². The number of rotatable bonds is 3. The summed E-state index contributed by atoms with van der Waals surface area (Å²) in [6.45, 7) is 0.0189. The molecule has 0 amide bonds. The van der Waals surface area contributed by atoms with Crippen LogP contribution in [-0.4, -0.2) is 15.4 Å². The van der Waals surface area contributed by atoms with Crippen molar-refractivity contribution in [2.45, 2.75) is 38.7 Å². The number of thiazole rings is 1. The van der Waals surface area contributed by atoms with Crippen LogP contribution in [0.2, 0.25) is 0 Å². The number of fused-ring (bicyclic) bond motifs is 2. The normalized spacial score (nSPS) is 14.3. The Hall–Kier alpha value is -1.99. The molecular weight excluding hydrogens is 344 g/mol. The predicted octanol–water partition coefficient (Wildman–Crippen LogP) is 3.44. The van der Waals surface area contributed by atoms with Crippen molar-refractivity contribution in [3.8, 4) is 0 Å². The van der Waals surface area contributed by atoms with Crippen LogP contribution in [0.1, 0.15) is 45.1 Å². The van der Waals surface area contributed by atoms with Crippen LogP contribution in [0.15, 0.2) is 28.5 Å². The topological polar surface area (TPSA) is 60.7 Å². The van der Waals surface area contributed by atoms with E-state index >= 15 is 0 Å². The Bertz CT molecular complexity index is 931. The number of carbonyl (C=O) groups is 1. The summed E-state index contributed by atoms with van der Waals surface area (Å²) >= 11 is 2.92. The van der Waals surface area contributed by atoms with Gasteiger partial charge in [-0.3, -0.25) is 9.20 Å². The molecule has 1 aliphatic rings. The van der Waals surface area contributed by atoms with Crippen LogP contribution in [0.4, 0.5) is 0 Å². The van der Waals surface area contributed by atoms with Gasteiger partial charge in [-0.1, -0.05) is 6.42 Å². The number of aryl methyl sites for hydroxylation is 2. The average Bonchev–Trinajstić information content (AvgIpc) is 3.15. The zero-order chi connectivity index (χ0) is 16.5. The summed E-state index contributed by atoms with van der Waals surface area (Å²) in [4.78, 5) is 31.2. The number of aromatic nitrogens is 2. The second-order valence-corrected chi connectivity index (χ2v) is 7.85. The number of ether oxygens (including phenoxy) is 1. The third kappa shape index (κ3) is 3.01. The molecule has 3 aromatic rings. The molecule has 4 rings (SSSR count). The van der Waals surface area contributed by atoms with E-state index in [1.54, 1.807) is 22.9 Å². The molecule has 1 aliphatic carbocycles. The van der Waals surface area contributed by atoms with Crippen molar-refractivity contribution >= 4 is 33.6 Å². The summed E-state index contributed by atoms with van der Waals surface area (Å²) in [5, 5.41) is 1.80. The Morgan fingerprint density at radius 3 is 3.04 bits per heavy atom. The summed E-state index contributed by atoms with van der Waals surface area (Å²) < 4.78 is 6.85. The monoisotopic (exact) mass is 360 g/mol. The van der Waals surface area contributed by atoms with Gasteiger partial charge in [0.05, 0.1) is 5.69 Å². The minimum atomic E-state index is -0.332. The molecule has 0 atom stereocenters. The van der Waals surface area contributed by atoms with Crippen molar-refractivity contribution in [1.82, 2.24) is 9.38 Å². The van der Waals surface area contributed by atoms with Crippen molar-refractivity contribution in [2.75, 3.05) is 0 Å². The van der Waals surface area contributed by atoms with Gasteiger partial charge in [-0.05, 0) is 37.3 Å². The quantitative estimate of drug-likeness (QED) is 0.530. The molecule has 0 saturated carbocycles. The molecule has 0 N–H and O–H groups in total. The molecule has 7 heteroatoms. The molecule has 0 saturated heterocycles. The van der Waals surface area contributed by atoms with E-state index in [-0.39, 0.29) is 18.1 Å². The number of esters is 1. The lowest BCUT2D eigenvalue weighted by atomic mass is 10.1. The Balaban J connectivity index is 1.48. The van der Waals surface area contributed by atoms with Crippen molar-refractivity contribution in [3.05, 3.63) is 55.1 Å². The Morgan fingerprint density at radius 2 is 2.12 bits per heavy atom. The zero-order valence-electron chi connectivity index (χ0n) is 13.0. The molecule has 0 spiro atoms. The fraction of sp³-hybridized carbons (Fsp3) is 0.353. The van der Waals surface area contributed by atoms with Crippen molar-refractivity contribution in [2.24, 2.45) is 0 Å². The van der Waals surface area contributed by atoms with Gasteiger partial charge >= 0.3 is 5.97 Å². The van der Waals surface area contributed by atoms with Gasteiger partial charge in [0.25, 0.3) is 5.56 Å². The second-order valence-electron chi connectivity index (χ2n) is 5.84. The smallest absolute Gasteiger partial charge is 0.348 e. The fourth-order valence-corrected chi connectivity index (χ4v) is 4.83. The summed E-state index contributed by atoms with van der Waals surface area (Å²) in [5.74, 6) is -0.332. The van der Waals surface area contributed by atoms with Gasteiger partial charge in [-0.2, -0.15) is 0 Å². The van der Waals surface area contributed by atoms with Crippen LogP contribution < -0.4 is 5.56 Å². The van der Waals surface area contributed by atoms with E-state index in [4.69, 9.17) is 4.74 Å². The van der Waals surface area contributed by atoms with Gasteiger partial charge in [-0.15, -0.1) is 22.7 Å². The largest absolute Gasteiger partial charge is 0.455 e. The van der Waals surface area contributed by atoms with E-state index in [1.807, 2.05) is 6.07 Å². The van der Waals surface area contributed by atoms with Gasteiger partial charge in [0.1, 0.15) is 11.5 Å². The van der Waals surface area contributed by atoms with Crippen molar-refractivity contribution < 1.29 is 9.53 Å². The van der Waals surface area contributed by atoms with Crippen LogP contribution in [0, 0.1) is 0 Å². The highest BCUT2D eigenvalue weighted by molar-refractivity contribution is 7.15. The molecule has 3 aromatic heterocycles. The number of thiophene rings is 1. The Kier molecular flexibility index (Phi) is 4.20. The molecule has 5 nitrogen and oxygen atoms in total. The first kappa shape index (κ1) is 15.5. The molecule has 24 heavy (non-hydrogen) atoms. The standard InChI is InChI=1S/C17H16N2O3S2/c20-15-9-12(18-17-19(15)6-7-23-17)10-22-16(21)14-8-11-4-2-1-3-5-13(11)24-14/h6-9H,1-5,10H2. The molecule has 0 radical (unpaired) electrons. The third-order valence-corrected chi connectivity index (χ3v) is 6.13. The minimum absolute atomic E-state index is 0.0189. The molecular formula is C17H16N2O3S2. The maximum Gasteiger partial charge on any atom is 0.348 e. The second kappa shape index (κ2) is 6.49. The SMILES string of the molecule is O=C(OCc1cc(=O)n2ccsc2n1)c1cc2c(s1)CCCCC2. The lowest BCUT2D eigenvalue weighted by Gasteiger charge is -2.03. The number of nitrogens with zero attached hydrogens (tertiary/aromatic N) is 2. The van der Waals surface area contributed by atoms with Crippen LogP contribution in [0.25, 0.3) is 4.96 Å². The minimum Gasteiger partial charge on any atom is -0.455 e. The van der Waals surface area contributed by atoms with Gasteiger partial charge in [0.2, 0.25) is 0 Å². The number of hydrogen-bond donors (Lipinski definition) is 0.